The zero-order valence-electron chi connectivity index (χ0n) is 18.1. The number of carbonyl (C=O) groups is 1. The molecule has 0 aliphatic carbocycles. The average Bonchev–Trinajstić information content (AvgIpc) is 2.80. The second kappa shape index (κ2) is 10.8. The first-order chi connectivity index (χ1) is 16.1. The normalized spacial score (nSPS) is 11.4. The van der Waals surface area contributed by atoms with Crippen LogP contribution < -0.4 is 4.74 Å². The van der Waals surface area contributed by atoms with Gasteiger partial charge in [0.05, 0.1) is 12.7 Å². The molecular formula is C25H18ClF3N2O2S. The number of halogens is 4. The molecule has 174 valence electrons. The molecule has 0 saturated carbocycles. The van der Waals surface area contributed by atoms with Crippen LogP contribution in [0.25, 0.3) is 6.08 Å². The number of benzene rings is 2. The maximum Gasteiger partial charge on any atom is 0.433 e. The van der Waals surface area contributed by atoms with Gasteiger partial charge in [-0.2, -0.15) is 18.4 Å². The van der Waals surface area contributed by atoms with Gasteiger partial charge in [-0.25, -0.2) is 4.98 Å². The smallest absolute Gasteiger partial charge is 0.433 e. The number of nitrogens with zero attached hydrogens (tertiary/aromatic N) is 2. The molecule has 0 saturated heterocycles. The standard InChI is InChI=1S/C25H18ClF3N2O2S/c1-15-11-23(25(27,28)29)31-24(20(15)13-30)34-14-18-12-16(4-10-22(18)33-2)3-9-21(32)17-5-7-19(26)8-6-17/h3-12H,14H2,1-2H3/b9-3+. The summed E-state index contributed by atoms with van der Waals surface area (Å²) in [6, 6.07) is 14.5. The molecule has 0 spiro atoms. The molecule has 0 N–H and O–H groups in total. The lowest BCUT2D eigenvalue weighted by molar-refractivity contribution is -0.141. The van der Waals surface area contributed by atoms with Crippen molar-refractivity contribution in [3.8, 4) is 11.8 Å². The monoisotopic (exact) mass is 502 g/mol. The summed E-state index contributed by atoms with van der Waals surface area (Å²) in [5.41, 5.74) is 1.12. The van der Waals surface area contributed by atoms with Crippen LogP contribution in [0, 0.1) is 18.3 Å². The maximum atomic E-state index is 13.2. The van der Waals surface area contributed by atoms with E-state index >= 15 is 0 Å². The summed E-state index contributed by atoms with van der Waals surface area (Å²) in [6.45, 7) is 1.45. The maximum absolute atomic E-state index is 13.2. The number of pyridine rings is 1. The number of aryl methyl sites for hydroxylation is 1. The van der Waals surface area contributed by atoms with Crippen LogP contribution >= 0.6 is 23.4 Å². The quantitative estimate of drug-likeness (QED) is 0.195. The van der Waals surface area contributed by atoms with E-state index < -0.39 is 11.9 Å². The molecule has 0 aliphatic rings. The molecule has 3 rings (SSSR count). The summed E-state index contributed by atoms with van der Waals surface area (Å²) in [5, 5.41) is 9.93. The fourth-order valence-corrected chi connectivity index (χ4v) is 4.23. The molecule has 0 fully saturated rings. The molecule has 2 aromatic carbocycles. The van der Waals surface area contributed by atoms with E-state index in [-0.39, 0.29) is 27.7 Å². The van der Waals surface area contributed by atoms with E-state index in [9.17, 15) is 23.2 Å². The lowest BCUT2D eigenvalue weighted by Gasteiger charge is -2.13. The number of allylic oxidation sites excluding steroid dienone is 1. The second-order valence-electron chi connectivity index (χ2n) is 7.18. The van der Waals surface area contributed by atoms with Gasteiger partial charge in [0.1, 0.15) is 22.5 Å². The van der Waals surface area contributed by atoms with Gasteiger partial charge in [0.15, 0.2) is 5.78 Å². The van der Waals surface area contributed by atoms with E-state index in [0.717, 1.165) is 17.8 Å². The van der Waals surface area contributed by atoms with Gasteiger partial charge < -0.3 is 4.74 Å². The highest BCUT2D eigenvalue weighted by Crippen LogP contribution is 2.35. The van der Waals surface area contributed by atoms with Crippen LogP contribution in [0.1, 0.15) is 38.3 Å². The van der Waals surface area contributed by atoms with Gasteiger partial charge in [-0.1, -0.05) is 23.7 Å². The third-order valence-corrected chi connectivity index (χ3v) is 6.09. The van der Waals surface area contributed by atoms with Crippen molar-refractivity contribution in [2.75, 3.05) is 7.11 Å². The molecule has 0 atom stereocenters. The molecule has 0 aliphatic heterocycles. The van der Waals surface area contributed by atoms with Crippen molar-refractivity contribution in [3.05, 3.63) is 93.1 Å². The zero-order chi connectivity index (χ0) is 24.9. The number of aromatic nitrogens is 1. The average molecular weight is 503 g/mol. The Balaban J connectivity index is 1.85. The number of methoxy groups -OCH3 is 1. The minimum atomic E-state index is -4.62. The number of thioether (sulfide) groups is 1. The third kappa shape index (κ3) is 6.19. The number of hydrogen-bond donors (Lipinski definition) is 0. The Morgan fingerprint density at radius 3 is 2.53 bits per heavy atom. The molecule has 0 unspecified atom stereocenters. The topological polar surface area (TPSA) is 63.0 Å². The predicted octanol–water partition coefficient (Wildman–Crippen LogP) is 7.13. The highest BCUT2D eigenvalue weighted by atomic mass is 35.5. The predicted molar refractivity (Wildman–Crippen MR) is 126 cm³/mol. The van der Waals surface area contributed by atoms with E-state index in [1.54, 1.807) is 48.5 Å². The highest BCUT2D eigenvalue weighted by molar-refractivity contribution is 7.98. The summed E-state index contributed by atoms with van der Waals surface area (Å²) in [4.78, 5) is 16.0. The van der Waals surface area contributed by atoms with E-state index in [2.05, 4.69) is 4.98 Å². The Morgan fingerprint density at radius 2 is 1.91 bits per heavy atom. The first kappa shape index (κ1) is 25.3. The first-order valence-corrected chi connectivity index (χ1v) is 11.3. The largest absolute Gasteiger partial charge is 0.496 e. The zero-order valence-corrected chi connectivity index (χ0v) is 19.7. The molecule has 0 radical (unpaired) electrons. The van der Waals surface area contributed by atoms with Crippen molar-refractivity contribution in [3.63, 3.8) is 0 Å². The Hall–Kier alpha value is -3.28. The number of alkyl halides is 3. The molecule has 1 heterocycles. The Bertz CT molecular complexity index is 1280. The van der Waals surface area contributed by atoms with Crippen LogP contribution in [-0.2, 0) is 11.9 Å². The second-order valence-corrected chi connectivity index (χ2v) is 8.58. The minimum absolute atomic E-state index is 0.00395. The SMILES string of the molecule is COc1ccc(/C=C/C(=O)c2ccc(Cl)cc2)cc1CSc1nc(C(F)(F)F)cc(C)c1C#N. The lowest BCUT2D eigenvalue weighted by atomic mass is 10.1. The van der Waals surface area contributed by atoms with Crippen LogP contribution in [0.3, 0.4) is 0 Å². The fourth-order valence-electron chi connectivity index (χ4n) is 3.07. The van der Waals surface area contributed by atoms with Gasteiger partial charge in [0, 0.05) is 21.9 Å². The molecule has 1 aromatic heterocycles. The van der Waals surface area contributed by atoms with Crippen LogP contribution in [0.4, 0.5) is 13.2 Å². The Morgan fingerprint density at radius 1 is 1.21 bits per heavy atom. The van der Waals surface area contributed by atoms with Gasteiger partial charge in [-0.3, -0.25) is 4.79 Å². The first-order valence-electron chi connectivity index (χ1n) is 9.89. The molecular weight excluding hydrogens is 485 g/mol. The van der Waals surface area contributed by atoms with E-state index in [1.807, 2.05) is 6.07 Å². The summed E-state index contributed by atoms with van der Waals surface area (Å²) in [5.74, 6) is 0.528. The van der Waals surface area contributed by atoms with Crippen LogP contribution in [-0.4, -0.2) is 17.9 Å². The van der Waals surface area contributed by atoms with Crippen molar-refractivity contribution in [1.82, 2.24) is 4.98 Å². The van der Waals surface area contributed by atoms with Crippen LogP contribution in [0.2, 0.25) is 5.02 Å². The highest BCUT2D eigenvalue weighted by Gasteiger charge is 2.34. The van der Waals surface area contributed by atoms with Gasteiger partial charge in [0.2, 0.25) is 0 Å². The van der Waals surface area contributed by atoms with E-state index in [1.165, 1.54) is 20.1 Å². The summed E-state index contributed by atoms with van der Waals surface area (Å²) in [6.07, 6.45) is -1.56. The molecule has 34 heavy (non-hydrogen) atoms. The molecule has 9 heteroatoms. The van der Waals surface area contributed by atoms with Gasteiger partial charge >= 0.3 is 6.18 Å². The van der Waals surface area contributed by atoms with E-state index in [4.69, 9.17) is 16.3 Å². The lowest BCUT2D eigenvalue weighted by Crippen LogP contribution is -2.10. The Kier molecular flexibility index (Phi) is 8.02. The number of nitriles is 1. The van der Waals surface area contributed by atoms with Crippen molar-refractivity contribution >= 4 is 35.2 Å². The summed E-state index contributed by atoms with van der Waals surface area (Å²) < 4.78 is 45.0. The number of ether oxygens (including phenoxy) is 1. The molecule has 4 nitrogen and oxygen atoms in total. The van der Waals surface area contributed by atoms with Crippen molar-refractivity contribution in [2.45, 2.75) is 23.9 Å². The van der Waals surface area contributed by atoms with Crippen molar-refractivity contribution < 1.29 is 22.7 Å². The molecule has 3 aromatic rings. The molecule has 0 bridgehead atoms. The van der Waals surface area contributed by atoms with Gasteiger partial charge in [0.25, 0.3) is 0 Å². The Labute approximate surface area is 204 Å². The fraction of sp³-hybridized carbons (Fsp3) is 0.160. The number of carbonyl (C=O) groups excluding carboxylic acids is 1. The summed E-state index contributed by atoms with van der Waals surface area (Å²) >= 11 is 6.86. The van der Waals surface area contributed by atoms with Crippen molar-refractivity contribution in [1.29, 1.82) is 5.26 Å². The minimum Gasteiger partial charge on any atom is -0.496 e. The number of rotatable bonds is 7. The van der Waals surface area contributed by atoms with Gasteiger partial charge in [-0.05, 0) is 66.6 Å². The number of ketones is 1. The van der Waals surface area contributed by atoms with Crippen molar-refractivity contribution in [2.24, 2.45) is 0 Å². The van der Waals surface area contributed by atoms with Crippen LogP contribution in [0.5, 0.6) is 5.75 Å². The number of hydrogen-bond acceptors (Lipinski definition) is 5. The van der Waals surface area contributed by atoms with Gasteiger partial charge in [-0.15, -0.1) is 11.8 Å². The van der Waals surface area contributed by atoms with Crippen LogP contribution in [0.15, 0.2) is 59.6 Å². The summed E-state index contributed by atoms with van der Waals surface area (Å²) in [7, 11) is 1.48. The van der Waals surface area contributed by atoms with E-state index in [0.29, 0.717) is 27.5 Å². The third-order valence-electron chi connectivity index (χ3n) is 4.81. The molecule has 0 amide bonds.